The van der Waals surface area contributed by atoms with Crippen LogP contribution in [0.4, 0.5) is 5.95 Å². The van der Waals surface area contributed by atoms with Crippen LogP contribution in [0.2, 0.25) is 0 Å². The molecule has 1 N–H and O–H groups in total. The van der Waals surface area contributed by atoms with E-state index in [-0.39, 0.29) is 0 Å². The maximum absolute atomic E-state index is 5.22. The number of hydrogen-bond donors (Lipinski definition) is 1. The van der Waals surface area contributed by atoms with Crippen LogP contribution < -0.4 is 15.0 Å². The van der Waals surface area contributed by atoms with E-state index in [1.54, 1.807) is 13.3 Å². The van der Waals surface area contributed by atoms with Gasteiger partial charge in [0.25, 0.3) is 0 Å². The van der Waals surface area contributed by atoms with E-state index in [0.717, 1.165) is 55.7 Å². The maximum Gasteiger partial charge on any atom is 0.232 e. The van der Waals surface area contributed by atoms with Gasteiger partial charge in [-0.3, -0.25) is 4.90 Å². The Labute approximate surface area is 121 Å². The summed E-state index contributed by atoms with van der Waals surface area (Å²) in [6.07, 6.45) is 1.75. The molecular formula is C12H18BrN5O. The van der Waals surface area contributed by atoms with Gasteiger partial charge < -0.3 is 15.0 Å². The third kappa shape index (κ3) is 2.68. The highest BCUT2D eigenvalue weighted by molar-refractivity contribution is 9.10. The van der Waals surface area contributed by atoms with Crippen LogP contribution in [0.15, 0.2) is 10.7 Å². The number of nitrogens with zero attached hydrogens (tertiary/aromatic N) is 4. The van der Waals surface area contributed by atoms with Crippen molar-refractivity contribution in [3.63, 3.8) is 0 Å². The van der Waals surface area contributed by atoms with E-state index in [1.165, 1.54) is 0 Å². The number of methoxy groups -OCH3 is 1. The summed E-state index contributed by atoms with van der Waals surface area (Å²) in [6, 6.07) is 0.725. The predicted octanol–water partition coefficient (Wildman–Crippen LogP) is 0.342. The summed E-state index contributed by atoms with van der Waals surface area (Å²) in [5.74, 6) is 1.35. The SMILES string of the molecule is COc1nc(N2CCN(C3CNC3)CC2)ncc1Br. The molecule has 104 valence electrons. The molecule has 0 aliphatic carbocycles. The van der Waals surface area contributed by atoms with Crippen molar-refractivity contribution >= 4 is 21.9 Å². The van der Waals surface area contributed by atoms with E-state index in [9.17, 15) is 0 Å². The van der Waals surface area contributed by atoms with Crippen molar-refractivity contribution in [3.8, 4) is 5.88 Å². The molecule has 0 aromatic carbocycles. The van der Waals surface area contributed by atoms with Crippen LogP contribution in [-0.4, -0.2) is 67.3 Å². The van der Waals surface area contributed by atoms with Gasteiger partial charge in [0.1, 0.15) is 0 Å². The van der Waals surface area contributed by atoms with Crippen LogP contribution in [0, 0.1) is 0 Å². The van der Waals surface area contributed by atoms with Gasteiger partial charge in [-0.15, -0.1) is 0 Å². The molecule has 19 heavy (non-hydrogen) atoms. The topological polar surface area (TPSA) is 53.5 Å². The fourth-order valence-electron chi connectivity index (χ4n) is 2.46. The van der Waals surface area contributed by atoms with Crippen molar-refractivity contribution in [2.24, 2.45) is 0 Å². The smallest absolute Gasteiger partial charge is 0.232 e. The third-order valence-electron chi connectivity index (χ3n) is 3.77. The number of ether oxygens (including phenoxy) is 1. The van der Waals surface area contributed by atoms with Crippen molar-refractivity contribution in [3.05, 3.63) is 10.7 Å². The molecule has 2 saturated heterocycles. The largest absolute Gasteiger partial charge is 0.480 e. The van der Waals surface area contributed by atoms with Gasteiger partial charge in [-0.2, -0.15) is 4.98 Å². The predicted molar refractivity (Wildman–Crippen MR) is 76.7 cm³/mol. The molecule has 0 atom stereocenters. The lowest BCUT2D eigenvalue weighted by Crippen LogP contribution is -2.61. The summed E-state index contributed by atoms with van der Waals surface area (Å²) < 4.78 is 6.01. The fraction of sp³-hybridized carbons (Fsp3) is 0.667. The van der Waals surface area contributed by atoms with Crippen LogP contribution in [0.5, 0.6) is 5.88 Å². The van der Waals surface area contributed by atoms with Crippen LogP contribution in [0.25, 0.3) is 0 Å². The average Bonchev–Trinajstić information content (AvgIpc) is 2.38. The van der Waals surface area contributed by atoms with Gasteiger partial charge in [0.15, 0.2) is 0 Å². The molecule has 0 amide bonds. The second-order valence-electron chi connectivity index (χ2n) is 4.86. The van der Waals surface area contributed by atoms with Gasteiger partial charge in [-0.25, -0.2) is 4.98 Å². The molecular weight excluding hydrogens is 310 g/mol. The molecule has 2 aliphatic rings. The van der Waals surface area contributed by atoms with Gasteiger partial charge in [0, 0.05) is 45.3 Å². The maximum atomic E-state index is 5.22. The van der Waals surface area contributed by atoms with Gasteiger partial charge in [0.05, 0.1) is 17.8 Å². The molecule has 6 nitrogen and oxygen atoms in total. The molecule has 1 aromatic rings. The first kappa shape index (κ1) is 13.1. The monoisotopic (exact) mass is 327 g/mol. The molecule has 2 aliphatic heterocycles. The van der Waals surface area contributed by atoms with E-state index in [2.05, 4.69) is 41.0 Å². The molecule has 7 heteroatoms. The average molecular weight is 328 g/mol. The number of piperazine rings is 1. The Balaban J connectivity index is 1.64. The van der Waals surface area contributed by atoms with E-state index in [4.69, 9.17) is 4.74 Å². The molecule has 3 heterocycles. The zero-order valence-corrected chi connectivity index (χ0v) is 12.6. The second-order valence-corrected chi connectivity index (χ2v) is 5.72. The molecule has 3 rings (SSSR count). The van der Waals surface area contributed by atoms with Crippen LogP contribution in [0.1, 0.15) is 0 Å². The standard InChI is InChI=1S/C12H18BrN5O/c1-19-11-10(13)8-15-12(16-11)18-4-2-17(3-5-18)9-6-14-7-9/h8-9,14H,2-7H2,1H3. The molecule has 0 unspecified atom stereocenters. The minimum absolute atomic E-state index is 0.593. The van der Waals surface area contributed by atoms with Crippen molar-refractivity contribution in [1.82, 2.24) is 20.2 Å². The Bertz CT molecular complexity index is 446. The summed E-state index contributed by atoms with van der Waals surface area (Å²) >= 11 is 3.38. The van der Waals surface area contributed by atoms with E-state index < -0.39 is 0 Å². The summed E-state index contributed by atoms with van der Waals surface area (Å²) in [7, 11) is 1.62. The Morgan fingerprint density at radius 3 is 2.63 bits per heavy atom. The number of nitrogens with one attached hydrogen (secondary N) is 1. The minimum Gasteiger partial charge on any atom is -0.480 e. The number of rotatable bonds is 3. The van der Waals surface area contributed by atoms with E-state index >= 15 is 0 Å². The number of hydrogen-bond acceptors (Lipinski definition) is 6. The number of anilines is 1. The zero-order chi connectivity index (χ0) is 13.2. The molecule has 0 radical (unpaired) electrons. The quantitative estimate of drug-likeness (QED) is 0.864. The van der Waals surface area contributed by atoms with E-state index in [0.29, 0.717) is 5.88 Å². The lowest BCUT2D eigenvalue weighted by molar-refractivity contribution is 0.137. The van der Waals surface area contributed by atoms with Gasteiger partial charge >= 0.3 is 0 Å². The van der Waals surface area contributed by atoms with E-state index in [1.807, 2.05) is 0 Å². The van der Waals surface area contributed by atoms with Crippen LogP contribution >= 0.6 is 15.9 Å². The molecule has 0 bridgehead atoms. The van der Waals surface area contributed by atoms with Crippen LogP contribution in [0.3, 0.4) is 0 Å². The summed E-state index contributed by atoms with van der Waals surface area (Å²) in [6.45, 7) is 6.36. The highest BCUT2D eigenvalue weighted by Crippen LogP contribution is 2.24. The number of halogens is 1. The van der Waals surface area contributed by atoms with Crippen molar-refractivity contribution in [2.45, 2.75) is 6.04 Å². The Hall–Kier alpha value is -0.920. The summed E-state index contributed by atoms with van der Waals surface area (Å²) in [5.41, 5.74) is 0. The first-order valence-electron chi connectivity index (χ1n) is 6.54. The Morgan fingerprint density at radius 2 is 2.05 bits per heavy atom. The van der Waals surface area contributed by atoms with Crippen molar-refractivity contribution < 1.29 is 4.74 Å². The van der Waals surface area contributed by atoms with Crippen molar-refractivity contribution in [1.29, 1.82) is 0 Å². The normalized spacial score (nSPS) is 21.3. The second kappa shape index (κ2) is 5.60. The lowest BCUT2D eigenvalue weighted by Gasteiger charge is -2.43. The zero-order valence-electron chi connectivity index (χ0n) is 11.0. The van der Waals surface area contributed by atoms with Gasteiger partial charge in [-0.05, 0) is 15.9 Å². The minimum atomic E-state index is 0.593. The highest BCUT2D eigenvalue weighted by Gasteiger charge is 2.28. The fourth-order valence-corrected chi connectivity index (χ4v) is 2.81. The molecule has 2 fully saturated rings. The third-order valence-corrected chi connectivity index (χ3v) is 4.31. The Morgan fingerprint density at radius 1 is 1.32 bits per heavy atom. The summed E-state index contributed by atoms with van der Waals surface area (Å²) in [5, 5.41) is 3.32. The van der Waals surface area contributed by atoms with Crippen LogP contribution in [-0.2, 0) is 0 Å². The molecule has 0 saturated carbocycles. The molecule has 1 aromatic heterocycles. The summed E-state index contributed by atoms with van der Waals surface area (Å²) in [4.78, 5) is 13.6. The van der Waals surface area contributed by atoms with Crippen molar-refractivity contribution in [2.75, 3.05) is 51.3 Å². The lowest BCUT2D eigenvalue weighted by atomic mass is 10.1. The number of aromatic nitrogens is 2. The Kier molecular flexibility index (Phi) is 3.86. The van der Waals surface area contributed by atoms with Gasteiger partial charge in [-0.1, -0.05) is 0 Å². The highest BCUT2D eigenvalue weighted by atomic mass is 79.9. The first-order chi connectivity index (χ1) is 9.28. The van der Waals surface area contributed by atoms with Gasteiger partial charge in [0.2, 0.25) is 11.8 Å². The first-order valence-corrected chi connectivity index (χ1v) is 7.33. The molecule has 0 spiro atoms.